The van der Waals surface area contributed by atoms with Crippen LogP contribution in [0.3, 0.4) is 0 Å². The molecule has 0 heterocycles. The largest absolute Gasteiger partial charge is 0.769 e. The Morgan fingerprint density at radius 2 is 2.33 bits per heavy atom. The summed E-state index contributed by atoms with van der Waals surface area (Å²) in [5, 5.41) is 0.861. The zero-order chi connectivity index (χ0) is 4.99. The molecule has 3 nitrogen and oxygen atoms in total. The van der Waals surface area contributed by atoms with E-state index in [4.69, 9.17) is 0 Å². The molecule has 1 unspecified atom stereocenters. The first kappa shape index (κ1) is 5.65. The first-order chi connectivity index (χ1) is 2.77. The summed E-state index contributed by atoms with van der Waals surface area (Å²) in [6.07, 6.45) is 0.961. The molecule has 0 fully saturated rings. The average Bonchev–Trinajstić information content (AvgIpc) is 1.35. The van der Waals surface area contributed by atoms with Gasteiger partial charge in [0.1, 0.15) is 0 Å². The predicted octanol–water partition coefficient (Wildman–Crippen LogP) is -0.705. The normalized spacial score (nSPS) is 15.5. The van der Waals surface area contributed by atoms with E-state index >= 15 is 0 Å². The van der Waals surface area contributed by atoms with Crippen molar-refractivity contribution in [3.05, 3.63) is 11.6 Å². The van der Waals surface area contributed by atoms with Crippen LogP contribution >= 0.6 is 0 Å². The predicted molar refractivity (Wildman–Crippen MR) is 22.2 cm³/mol. The van der Waals surface area contributed by atoms with E-state index in [1.807, 2.05) is 0 Å². The van der Waals surface area contributed by atoms with E-state index in [0.717, 1.165) is 11.6 Å². The summed E-state index contributed by atoms with van der Waals surface area (Å²) in [4.78, 5) is 0. The van der Waals surface area contributed by atoms with E-state index in [1.165, 1.54) is 0 Å². The van der Waals surface area contributed by atoms with Crippen molar-refractivity contribution >= 4 is 11.1 Å². The van der Waals surface area contributed by atoms with Crippen LogP contribution in [0.25, 0.3) is 0 Å². The summed E-state index contributed by atoms with van der Waals surface area (Å²) >= 11 is -2.12. The molecule has 0 amide bonds. The smallest absolute Gasteiger partial charge is 0.00399 e. The van der Waals surface area contributed by atoms with Crippen LogP contribution in [0, 0.1) is 0 Å². The molecule has 0 aromatic heterocycles. The van der Waals surface area contributed by atoms with Crippen molar-refractivity contribution in [2.24, 2.45) is 5.73 Å². The maximum atomic E-state index is 9.43. The summed E-state index contributed by atoms with van der Waals surface area (Å²) < 4.78 is 18.9. The van der Waals surface area contributed by atoms with Crippen LogP contribution in [-0.2, 0) is 11.1 Å². The standard InChI is InChI=1S/C2H5NO2S/c3-1-2-6(4)5/h1-2H,3H2,(H,4,5)/p-1. The highest BCUT2D eigenvalue weighted by Gasteiger charge is 1.58. The molecule has 0 spiro atoms. The quantitative estimate of drug-likeness (QED) is 0.449. The van der Waals surface area contributed by atoms with Crippen LogP contribution in [0.2, 0.25) is 0 Å². The molecule has 0 saturated heterocycles. The van der Waals surface area contributed by atoms with Crippen LogP contribution in [0.5, 0.6) is 0 Å². The number of hydrogen-bond acceptors (Lipinski definition) is 3. The first-order valence-electron chi connectivity index (χ1n) is 1.24. The average molecular weight is 106 g/mol. The minimum atomic E-state index is -2.12. The molecule has 2 N–H and O–H groups in total. The third-order valence-electron chi connectivity index (χ3n) is 0.190. The highest BCUT2D eigenvalue weighted by molar-refractivity contribution is 7.82. The van der Waals surface area contributed by atoms with Crippen LogP contribution in [0.15, 0.2) is 11.6 Å². The van der Waals surface area contributed by atoms with Crippen molar-refractivity contribution in [1.29, 1.82) is 0 Å². The van der Waals surface area contributed by atoms with Crippen LogP contribution in [0.1, 0.15) is 0 Å². The van der Waals surface area contributed by atoms with Crippen LogP contribution < -0.4 is 5.73 Å². The lowest BCUT2D eigenvalue weighted by Gasteiger charge is -1.89. The molecule has 0 radical (unpaired) electrons. The monoisotopic (exact) mass is 106 g/mol. The summed E-state index contributed by atoms with van der Waals surface area (Å²) in [7, 11) is 0. The van der Waals surface area contributed by atoms with Crippen molar-refractivity contribution in [3.63, 3.8) is 0 Å². The van der Waals surface area contributed by atoms with E-state index in [1.54, 1.807) is 0 Å². The molecule has 0 aliphatic rings. The Balaban J connectivity index is 3.30. The summed E-state index contributed by atoms with van der Waals surface area (Å²) in [5.74, 6) is 0. The Hall–Kier alpha value is -0.350. The zero-order valence-corrected chi connectivity index (χ0v) is 3.77. The second-order valence-corrected chi connectivity index (χ2v) is 1.38. The van der Waals surface area contributed by atoms with Gasteiger partial charge >= 0.3 is 0 Å². The minimum absolute atomic E-state index is 0.861. The second kappa shape index (κ2) is 2.87. The van der Waals surface area contributed by atoms with Gasteiger partial charge in [0, 0.05) is 11.6 Å². The van der Waals surface area contributed by atoms with E-state index in [9.17, 15) is 8.76 Å². The molecule has 36 valence electrons. The minimum Gasteiger partial charge on any atom is -0.769 e. The molecular formula is C2H4NO2S-. The van der Waals surface area contributed by atoms with Crippen molar-refractivity contribution in [2.45, 2.75) is 0 Å². The molecule has 0 aliphatic heterocycles. The van der Waals surface area contributed by atoms with Gasteiger partial charge in [0.05, 0.1) is 0 Å². The van der Waals surface area contributed by atoms with Crippen LogP contribution in [-0.4, -0.2) is 8.76 Å². The Kier molecular flexibility index (Phi) is 2.70. The lowest BCUT2D eigenvalue weighted by molar-refractivity contribution is 0.546. The van der Waals surface area contributed by atoms with Crippen LogP contribution in [0.4, 0.5) is 0 Å². The van der Waals surface area contributed by atoms with Crippen molar-refractivity contribution in [1.82, 2.24) is 0 Å². The van der Waals surface area contributed by atoms with Crippen molar-refractivity contribution < 1.29 is 8.76 Å². The van der Waals surface area contributed by atoms with Gasteiger partial charge < -0.3 is 10.3 Å². The highest BCUT2D eigenvalue weighted by atomic mass is 32.2. The molecule has 0 aromatic rings. The lowest BCUT2D eigenvalue weighted by Crippen LogP contribution is -1.81. The molecule has 1 atom stereocenters. The third kappa shape index (κ3) is 3.65. The SMILES string of the molecule is NC=CS(=O)[O-]. The van der Waals surface area contributed by atoms with Gasteiger partial charge in [-0.15, -0.1) is 0 Å². The molecule has 4 heteroatoms. The van der Waals surface area contributed by atoms with E-state index in [0.29, 0.717) is 0 Å². The maximum Gasteiger partial charge on any atom is 0.00399 e. The molecule has 6 heavy (non-hydrogen) atoms. The van der Waals surface area contributed by atoms with E-state index in [2.05, 4.69) is 5.73 Å². The zero-order valence-electron chi connectivity index (χ0n) is 2.96. The highest BCUT2D eigenvalue weighted by Crippen LogP contribution is 1.67. The van der Waals surface area contributed by atoms with Gasteiger partial charge in [-0.3, -0.25) is 4.21 Å². The fraction of sp³-hybridized carbons (Fsp3) is 0. The van der Waals surface area contributed by atoms with Gasteiger partial charge in [0.2, 0.25) is 0 Å². The Morgan fingerprint density at radius 1 is 1.83 bits per heavy atom. The van der Waals surface area contributed by atoms with Gasteiger partial charge in [-0.25, -0.2) is 0 Å². The summed E-state index contributed by atoms with van der Waals surface area (Å²) in [6, 6.07) is 0. The van der Waals surface area contributed by atoms with Gasteiger partial charge in [0.15, 0.2) is 0 Å². The fourth-order valence-corrected chi connectivity index (χ4v) is 0.192. The molecular weight excluding hydrogens is 102 g/mol. The van der Waals surface area contributed by atoms with Crippen molar-refractivity contribution in [2.75, 3.05) is 0 Å². The third-order valence-corrected chi connectivity index (χ3v) is 0.569. The molecule has 0 rings (SSSR count). The van der Waals surface area contributed by atoms with Crippen molar-refractivity contribution in [3.8, 4) is 0 Å². The Bertz CT molecular complexity index is 79.6. The molecule has 0 saturated carbocycles. The maximum absolute atomic E-state index is 9.43. The number of rotatable bonds is 1. The van der Waals surface area contributed by atoms with Gasteiger partial charge in [-0.1, -0.05) is 0 Å². The number of nitrogens with two attached hydrogens (primary N) is 1. The Morgan fingerprint density at radius 3 is 2.33 bits per heavy atom. The number of hydrogen-bond donors (Lipinski definition) is 1. The van der Waals surface area contributed by atoms with E-state index in [-0.39, 0.29) is 0 Å². The molecule has 0 bridgehead atoms. The van der Waals surface area contributed by atoms with Gasteiger partial charge in [-0.2, -0.15) is 0 Å². The summed E-state index contributed by atoms with van der Waals surface area (Å²) in [5.41, 5.74) is 4.66. The fourth-order valence-electron chi connectivity index (χ4n) is 0.0642. The topological polar surface area (TPSA) is 66.2 Å². The van der Waals surface area contributed by atoms with Gasteiger partial charge in [-0.05, 0) is 11.1 Å². The van der Waals surface area contributed by atoms with E-state index < -0.39 is 11.1 Å². The lowest BCUT2D eigenvalue weighted by atomic mass is 11.1. The molecule has 0 aromatic carbocycles. The first-order valence-corrected chi connectivity index (χ1v) is 2.37. The van der Waals surface area contributed by atoms with Gasteiger partial charge in [0.25, 0.3) is 0 Å². The Labute approximate surface area is 38.1 Å². The summed E-state index contributed by atoms with van der Waals surface area (Å²) in [6.45, 7) is 0. The molecule has 0 aliphatic carbocycles. The second-order valence-electron chi connectivity index (χ2n) is 0.589.